The first-order valence-corrected chi connectivity index (χ1v) is 5.34. The van der Waals surface area contributed by atoms with Gasteiger partial charge in [0.05, 0.1) is 11.4 Å². The van der Waals surface area contributed by atoms with Gasteiger partial charge in [0, 0.05) is 11.1 Å². The number of hydrogen-bond acceptors (Lipinski definition) is 4. The highest BCUT2D eigenvalue weighted by Crippen LogP contribution is 2.20. The van der Waals surface area contributed by atoms with E-state index < -0.39 is 0 Å². The van der Waals surface area contributed by atoms with Crippen LogP contribution in [0.15, 0.2) is 58.8 Å². The summed E-state index contributed by atoms with van der Waals surface area (Å²) in [4.78, 5) is 21.4. The molecule has 0 aliphatic carbocycles. The first-order chi connectivity index (χ1) is 8.81. The maximum absolute atomic E-state index is 10.7. The molecule has 18 heavy (non-hydrogen) atoms. The van der Waals surface area contributed by atoms with Crippen LogP contribution in [-0.2, 0) is 0 Å². The van der Waals surface area contributed by atoms with E-state index >= 15 is 0 Å². The highest BCUT2D eigenvalue weighted by Gasteiger charge is 1.99. The lowest BCUT2D eigenvalue weighted by molar-refractivity contribution is 0.112. The molecule has 0 radical (unpaired) electrons. The predicted molar refractivity (Wildman–Crippen MR) is 67.8 cm³/mol. The summed E-state index contributed by atoms with van der Waals surface area (Å²) in [5, 5.41) is 8.02. The minimum atomic E-state index is 0.404. The maximum Gasteiger partial charge on any atom is 0.150 e. The number of hydrogen-bond donors (Lipinski definition) is 0. The number of carbonyl (C=O) groups is 2. The van der Waals surface area contributed by atoms with Crippen LogP contribution in [0.5, 0.6) is 0 Å². The molecule has 0 spiro atoms. The SMILES string of the molecule is O=Cc1cc(C=O)cc(/N=N/c2ccccc2)c1. The van der Waals surface area contributed by atoms with Crippen molar-refractivity contribution in [2.24, 2.45) is 10.2 Å². The van der Waals surface area contributed by atoms with E-state index in [2.05, 4.69) is 10.2 Å². The molecule has 0 saturated heterocycles. The third kappa shape index (κ3) is 2.95. The standard InChI is InChI=1S/C14H10N2O2/c17-9-11-6-12(10-18)8-14(7-11)16-15-13-4-2-1-3-5-13/h1-10H/b16-15+. The third-order valence-electron chi connectivity index (χ3n) is 2.27. The van der Waals surface area contributed by atoms with Gasteiger partial charge in [-0.25, -0.2) is 0 Å². The smallest absolute Gasteiger partial charge is 0.150 e. The first kappa shape index (κ1) is 11.9. The lowest BCUT2D eigenvalue weighted by Crippen LogP contribution is -1.84. The van der Waals surface area contributed by atoms with Crippen LogP contribution in [0, 0.1) is 0 Å². The largest absolute Gasteiger partial charge is 0.298 e. The van der Waals surface area contributed by atoms with Gasteiger partial charge in [-0.1, -0.05) is 18.2 Å². The Morgan fingerprint density at radius 2 is 1.28 bits per heavy atom. The van der Waals surface area contributed by atoms with Crippen LogP contribution in [0.25, 0.3) is 0 Å². The van der Waals surface area contributed by atoms with Crippen molar-refractivity contribution in [2.45, 2.75) is 0 Å². The van der Waals surface area contributed by atoms with Crippen LogP contribution in [0.1, 0.15) is 20.7 Å². The van der Waals surface area contributed by atoms with Crippen molar-refractivity contribution in [1.29, 1.82) is 0 Å². The Kier molecular flexibility index (Phi) is 3.71. The average Bonchev–Trinajstić information content (AvgIpc) is 2.45. The van der Waals surface area contributed by atoms with Crippen molar-refractivity contribution in [3.63, 3.8) is 0 Å². The molecule has 4 heteroatoms. The zero-order chi connectivity index (χ0) is 12.8. The summed E-state index contributed by atoms with van der Waals surface area (Å²) in [5.41, 5.74) is 2.00. The molecule has 0 aliphatic heterocycles. The second kappa shape index (κ2) is 5.63. The number of nitrogens with zero attached hydrogens (tertiary/aromatic N) is 2. The van der Waals surface area contributed by atoms with Crippen LogP contribution in [0.4, 0.5) is 11.4 Å². The molecule has 0 atom stereocenters. The van der Waals surface area contributed by atoms with Crippen LogP contribution >= 0.6 is 0 Å². The topological polar surface area (TPSA) is 58.9 Å². The molecule has 4 nitrogen and oxygen atoms in total. The van der Waals surface area contributed by atoms with Gasteiger partial charge in [-0.2, -0.15) is 10.2 Å². The predicted octanol–water partition coefficient (Wildman–Crippen LogP) is 3.73. The molecule has 0 aliphatic rings. The summed E-state index contributed by atoms with van der Waals surface area (Å²) in [6.45, 7) is 0. The van der Waals surface area contributed by atoms with Crippen molar-refractivity contribution in [3.05, 3.63) is 59.7 Å². The summed E-state index contributed by atoms with van der Waals surface area (Å²) in [7, 11) is 0. The number of azo groups is 1. The van der Waals surface area contributed by atoms with Crippen molar-refractivity contribution < 1.29 is 9.59 Å². The van der Waals surface area contributed by atoms with Gasteiger partial charge < -0.3 is 0 Å². The van der Waals surface area contributed by atoms with E-state index in [0.29, 0.717) is 35.1 Å². The average molecular weight is 238 g/mol. The molecule has 2 aromatic carbocycles. The first-order valence-electron chi connectivity index (χ1n) is 5.34. The Morgan fingerprint density at radius 1 is 0.722 bits per heavy atom. The van der Waals surface area contributed by atoms with Gasteiger partial charge in [-0.15, -0.1) is 0 Å². The molecular weight excluding hydrogens is 228 g/mol. The van der Waals surface area contributed by atoms with Crippen molar-refractivity contribution in [1.82, 2.24) is 0 Å². The number of carbonyl (C=O) groups excluding carboxylic acids is 2. The minimum Gasteiger partial charge on any atom is -0.298 e. The Balaban J connectivity index is 2.31. The van der Waals surface area contributed by atoms with E-state index in [0.717, 1.165) is 0 Å². The van der Waals surface area contributed by atoms with E-state index in [-0.39, 0.29) is 0 Å². The maximum atomic E-state index is 10.7. The molecule has 88 valence electrons. The molecule has 0 N–H and O–H groups in total. The molecule has 0 aromatic heterocycles. The fraction of sp³-hybridized carbons (Fsp3) is 0. The van der Waals surface area contributed by atoms with Crippen molar-refractivity contribution in [2.75, 3.05) is 0 Å². The van der Waals surface area contributed by atoms with Gasteiger partial charge >= 0.3 is 0 Å². The van der Waals surface area contributed by atoms with E-state index in [1.165, 1.54) is 6.07 Å². The Hall–Kier alpha value is -2.62. The lowest BCUT2D eigenvalue weighted by Gasteiger charge is -1.97. The quantitative estimate of drug-likeness (QED) is 0.602. The van der Waals surface area contributed by atoms with Crippen LogP contribution in [0.3, 0.4) is 0 Å². The molecule has 0 amide bonds. The third-order valence-corrected chi connectivity index (χ3v) is 2.27. The fourth-order valence-electron chi connectivity index (χ4n) is 1.46. The Labute approximate surface area is 104 Å². The Morgan fingerprint density at radius 3 is 1.83 bits per heavy atom. The summed E-state index contributed by atoms with van der Waals surface area (Å²) < 4.78 is 0. The molecule has 2 rings (SSSR count). The zero-order valence-corrected chi connectivity index (χ0v) is 9.48. The lowest BCUT2D eigenvalue weighted by atomic mass is 10.1. The molecule has 2 aromatic rings. The van der Waals surface area contributed by atoms with Gasteiger partial charge in [0.1, 0.15) is 12.6 Å². The number of rotatable bonds is 4. The summed E-state index contributed by atoms with van der Waals surface area (Å²) in [6, 6.07) is 13.9. The van der Waals surface area contributed by atoms with Crippen LogP contribution in [0.2, 0.25) is 0 Å². The molecule has 0 unspecified atom stereocenters. The monoisotopic (exact) mass is 238 g/mol. The zero-order valence-electron chi connectivity index (χ0n) is 9.48. The molecule has 0 saturated carbocycles. The minimum absolute atomic E-state index is 0.404. The highest BCUT2D eigenvalue weighted by molar-refractivity contribution is 5.84. The van der Waals surface area contributed by atoms with Crippen LogP contribution < -0.4 is 0 Å². The second-order valence-corrected chi connectivity index (χ2v) is 3.63. The van der Waals surface area contributed by atoms with E-state index in [4.69, 9.17) is 0 Å². The van der Waals surface area contributed by atoms with Crippen molar-refractivity contribution in [3.8, 4) is 0 Å². The van der Waals surface area contributed by atoms with E-state index in [9.17, 15) is 9.59 Å². The van der Waals surface area contributed by atoms with Crippen molar-refractivity contribution >= 4 is 23.9 Å². The van der Waals surface area contributed by atoms with E-state index in [1.54, 1.807) is 12.1 Å². The molecule has 0 bridgehead atoms. The number of benzene rings is 2. The fourth-order valence-corrected chi connectivity index (χ4v) is 1.46. The summed E-state index contributed by atoms with van der Waals surface area (Å²) in [6.07, 6.45) is 1.35. The van der Waals surface area contributed by atoms with Gasteiger partial charge in [0.15, 0.2) is 0 Å². The normalized spacial score (nSPS) is 10.4. The van der Waals surface area contributed by atoms with Gasteiger partial charge in [0.2, 0.25) is 0 Å². The van der Waals surface area contributed by atoms with Gasteiger partial charge in [-0.05, 0) is 30.3 Å². The molecular formula is C14H10N2O2. The van der Waals surface area contributed by atoms with Gasteiger partial charge in [-0.3, -0.25) is 9.59 Å². The molecule has 0 fully saturated rings. The van der Waals surface area contributed by atoms with Crippen LogP contribution in [-0.4, -0.2) is 12.6 Å². The molecule has 0 heterocycles. The number of aldehydes is 2. The highest BCUT2D eigenvalue weighted by atomic mass is 16.1. The summed E-state index contributed by atoms with van der Waals surface area (Å²) in [5.74, 6) is 0. The Bertz CT molecular complexity index is 566. The summed E-state index contributed by atoms with van der Waals surface area (Å²) >= 11 is 0. The van der Waals surface area contributed by atoms with E-state index in [1.807, 2.05) is 30.3 Å². The second-order valence-electron chi connectivity index (χ2n) is 3.63. The van der Waals surface area contributed by atoms with Gasteiger partial charge in [0.25, 0.3) is 0 Å².